The first-order valence-electron chi connectivity index (χ1n) is 8.59. The topological polar surface area (TPSA) is 79.2 Å². The van der Waals surface area contributed by atoms with Crippen LogP contribution in [0.3, 0.4) is 0 Å². The number of hydrogen-bond donors (Lipinski definition) is 3. The molecule has 0 aliphatic carbocycles. The predicted octanol–water partition coefficient (Wildman–Crippen LogP) is 2.14. The van der Waals surface area contributed by atoms with Crippen molar-refractivity contribution in [1.29, 1.82) is 0 Å². The molecule has 1 heterocycles. The quantitative estimate of drug-likeness (QED) is 0.380. The molecule has 0 spiro atoms. The van der Waals surface area contributed by atoms with Crippen LogP contribution in [0.25, 0.3) is 0 Å². The SMILES string of the molecule is CCCCCCCCC/C=C/OC[C@@H](O)[C@H]1OC[C@H](O)[C@H]1O. The summed E-state index contributed by atoms with van der Waals surface area (Å²) in [6.45, 7) is 2.34. The van der Waals surface area contributed by atoms with Gasteiger partial charge in [0, 0.05) is 0 Å². The van der Waals surface area contributed by atoms with Crippen molar-refractivity contribution in [2.24, 2.45) is 0 Å². The Morgan fingerprint density at radius 1 is 1.14 bits per heavy atom. The van der Waals surface area contributed by atoms with E-state index < -0.39 is 24.4 Å². The summed E-state index contributed by atoms with van der Waals surface area (Å²) in [6.07, 6.45) is 9.86. The lowest BCUT2D eigenvalue weighted by molar-refractivity contribution is -0.0703. The van der Waals surface area contributed by atoms with Crippen molar-refractivity contribution >= 4 is 0 Å². The first-order chi connectivity index (χ1) is 10.7. The summed E-state index contributed by atoms with van der Waals surface area (Å²) in [4.78, 5) is 0. The zero-order chi connectivity index (χ0) is 16.2. The van der Waals surface area contributed by atoms with Gasteiger partial charge in [0.25, 0.3) is 0 Å². The summed E-state index contributed by atoms with van der Waals surface area (Å²) in [6, 6.07) is 0. The maximum Gasteiger partial charge on any atom is 0.117 e. The van der Waals surface area contributed by atoms with Gasteiger partial charge in [0.15, 0.2) is 0 Å². The fourth-order valence-electron chi connectivity index (χ4n) is 2.57. The molecule has 1 rings (SSSR count). The van der Waals surface area contributed by atoms with Crippen molar-refractivity contribution in [2.75, 3.05) is 13.2 Å². The number of aliphatic hydroxyl groups excluding tert-OH is 3. The second-order valence-corrected chi connectivity index (χ2v) is 6.04. The molecule has 0 aromatic rings. The van der Waals surface area contributed by atoms with Crippen LogP contribution in [0.4, 0.5) is 0 Å². The molecule has 1 aliphatic rings. The van der Waals surface area contributed by atoms with Gasteiger partial charge in [-0.25, -0.2) is 0 Å². The van der Waals surface area contributed by atoms with Crippen LogP contribution in [-0.4, -0.2) is 52.9 Å². The van der Waals surface area contributed by atoms with Crippen molar-refractivity contribution in [1.82, 2.24) is 0 Å². The Morgan fingerprint density at radius 2 is 1.82 bits per heavy atom. The minimum atomic E-state index is -1.05. The van der Waals surface area contributed by atoms with Gasteiger partial charge < -0.3 is 24.8 Å². The van der Waals surface area contributed by atoms with Gasteiger partial charge in [-0.2, -0.15) is 0 Å². The van der Waals surface area contributed by atoms with Crippen LogP contribution in [-0.2, 0) is 9.47 Å². The van der Waals surface area contributed by atoms with E-state index in [0.717, 1.165) is 12.8 Å². The lowest BCUT2D eigenvalue weighted by Crippen LogP contribution is -2.40. The standard InChI is InChI=1S/C17H32O5/c1-2-3-4-5-6-7-8-9-10-11-21-12-15(19)17-16(20)14(18)13-22-17/h10-11,14-20H,2-9,12-13H2,1H3/b11-10+/t14-,15+,16+,17+/m0/s1. The molecule has 0 unspecified atom stereocenters. The molecule has 0 aromatic carbocycles. The molecule has 0 amide bonds. The smallest absolute Gasteiger partial charge is 0.117 e. The summed E-state index contributed by atoms with van der Waals surface area (Å²) in [5.74, 6) is 0. The van der Waals surface area contributed by atoms with Gasteiger partial charge in [0.1, 0.15) is 31.0 Å². The van der Waals surface area contributed by atoms with Gasteiger partial charge in [0.05, 0.1) is 12.9 Å². The third-order valence-electron chi connectivity index (χ3n) is 4.00. The van der Waals surface area contributed by atoms with Crippen LogP contribution in [0.2, 0.25) is 0 Å². The predicted molar refractivity (Wildman–Crippen MR) is 85.5 cm³/mol. The fraction of sp³-hybridized carbons (Fsp3) is 0.882. The third kappa shape index (κ3) is 7.58. The summed E-state index contributed by atoms with van der Waals surface area (Å²) in [5, 5.41) is 28.8. The van der Waals surface area contributed by atoms with Crippen LogP contribution in [0, 0.1) is 0 Å². The summed E-state index contributed by atoms with van der Waals surface area (Å²) >= 11 is 0. The van der Waals surface area contributed by atoms with Gasteiger partial charge >= 0.3 is 0 Å². The highest BCUT2D eigenvalue weighted by Crippen LogP contribution is 2.17. The highest BCUT2D eigenvalue weighted by atomic mass is 16.5. The van der Waals surface area contributed by atoms with Crippen LogP contribution in [0.15, 0.2) is 12.3 Å². The zero-order valence-corrected chi connectivity index (χ0v) is 13.7. The maximum atomic E-state index is 9.83. The normalized spacial score (nSPS) is 26.6. The van der Waals surface area contributed by atoms with E-state index in [4.69, 9.17) is 9.47 Å². The zero-order valence-electron chi connectivity index (χ0n) is 13.7. The second kappa shape index (κ2) is 11.9. The number of unbranched alkanes of at least 4 members (excludes halogenated alkanes) is 7. The summed E-state index contributed by atoms with van der Waals surface area (Å²) in [5.41, 5.74) is 0. The average Bonchev–Trinajstić information content (AvgIpc) is 2.84. The number of aliphatic hydroxyl groups is 3. The molecule has 130 valence electrons. The molecule has 22 heavy (non-hydrogen) atoms. The molecular weight excluding hydrogens is 284 g/mol. The Morgan fingerprint density at radius 3 is 2.45 bits per heavy atom. The lowest BCUT2D eigenvalue weighted by atomic mass is 10.1. The second-order valence-electron chi connectivity index (χ2n) is 6.04. The van der Waals surface area contributed by atoms with E-state index in [0.29, 0.717) is 0 Å². The van der Waals surface area contributed by atoms with Gasteiger partial charge in [-0.05, 0) is 18.9 Å². The van der Waals surface area contributed by atoms with Crippen molar-refractivity contribution in [3.8, 4) is 0 Å². The Kier molecular flexibility index (Phi) is 10.5. The van der Waals surface area contributed by atoms with E-state index >= 15 is 0 Å². The van der Waals surface area contributed by atoms with E-state index in [-0.39, 0.29) is 13.2 Å². The third-order valence-corrected chi connectivity index (χ3v) is 4.00. The molecule has 1 aliphatic heterocycles. The van der Waals surface area contributed by atoms with Crippen molar-refractivity contribution in [3.63, 3.8) is 0 Å². The molecule has 4 atom stereocenters. The first kappa shape index (κ1) is 19.4. The summed E-state index contributed by atoms with van der Waals surface area (Å²) in [7, 11) is 0. The van der Waals surface area contributed by atoms with Crippen molar-refractivity contribution in [2.45, 2.75) is 82.7 Å². The Bertz CT molecular complexity index is 295. The van der Waals surface area contributed by atoms with Gasteiger partial charge in [0.2, 0.25) is 0 Å². The van der Waals surface area contributed by atoms with E-state index in [1.165, 1.54) is 38.5 Å². The molecule has 0 saturated carbocycles. The molecule has 0 aromatic heterocycles. The molecule has 0 bridgehead atoms. The van der Waals surface area contributed by atoms with E-state index in [1.54, 1.807) is 6.26 Å². The number of rotatable bonds is 12. The minimum absolute atomic E-state index is 0.0526. The van der Waals surface area contributed by atoms with Gasteiger partial charge in [-0.3, -0.25) is 0 Å². The van der Waals surface area contributed by atoms with Crippen molar-refractivity contribution in [3.05, 3.63) is 12.3 Å². The van der Waals surface area contributed by atoms with Crippen LogP contribution in [0.5, 0.6) is 0 Å². The molecule has 1 fully saturated rings. The van der Waals surface area contributed by atoms with Crippen molar-refractivity contribution < 1.29 is 24.8 Å². The van der Waals surface area contributed by atoms with Gasteiger partial charge in [-0.15, -0.1) is 0 Å². The molecule has 5 heteroatoms. The monoisotopic (exact) mass is 316 g/mol. The molecular formula is C17H32O5. The van der Waals surface area contributed by atoms with E-state index in [2.05, 4.69) is 6.92 Å². The molecule has 0 radical (unpaired) electrons. The fourth-order valence-corrected chi connectivity index (χ4v) is 2.57. The van der Waals surface area contributed by atoms with Crippen LogP contribution in [0.1, 0.15) is 58.3 Å². The maximum absolute atomic E-state index is 9.83. The number of allylic oxidation sites excluding steroid dienone is 1. The largest absolute Gasteiger partial charge is 0.499 e. The van der Waals surface area contributed by atoms with Gasteiger partial charge in [-0.1, -0.05) is 45.4 Å². The highest BCUT2D eigenvalue weighted by Gasteiger charge is 2.39. The molecule has 5 nitrogen and oxygen atoms in total. The average molecular weight is 316 g/mol. The van der Waals surface area contributed by atoms with E-state index in [9.17, 15) is 15.3 Å². The Hall–Kier alpha value is -0.620. The Labute approximate surface area is 133 Å². The lowest BCUT2D eigenvalue weighted by Gasteiger charge is -2.20. The number of ether oxygens (including phenoxy) is 2. The molecule has 3 N–H and O–H groups in total. The highest BCUT2D eigenvalue weighted by molar-refractivity contribution is 4.88. The number of hydrogen-bond acceptors (Lipinski definition) is 5. The van der Waals surface area contributed by atoms with Crippen LogP contribution < -0.4 is 0 Å². The first-order valence-corrected chi connectivity index (χ1v) is 8.59. The molecule has 1 saturated heterocycles. The Balaban J connectivity index is 1.95. The minimum Gasteiger partial charge on any atom is -0.499 e. The summed E-state index contributed by atoms with van der Waals surface area (Å²) < 4.78 is 10.4. The van der Waals surface area contributed by atoms with Crippen LogP contribution >= 0.6 is 0 Å². The van der Waals surface area contributed by atoms with E-state index in [1.807, 2.05) is 6.08 Å².